The van der Waals surface area contributed by atoms with Crippen LogP contribution in [0.15, 0.2) is 0 Å². The second-order valence-electron chi connectivity index (χ2n) is 6.63. The number of carbonyl (C=O) groups excluding carboxylic acids is 3. The summed E-state index contributed by atoms with van der Waals surface area (Å²) in [5, 5.41) is 9.72. The smallest absolute Gasteiger partial charge is 0.236 e. The number of hydrogen-bond donors (Lipinski definition) is 3. The van der Waals surface area contributed by atoms with Crippen LogP contribution in [0.1, 0.15) is 27.7 Å². The van der Waals surface area contributed by atoms with E-state index < -0.39 is 16.9 Å². The van der Waals surface area contributed by atoms with Crippen LogP contribution in [0.25, 0.3) is 0 Å². The minimum atomic E-state index is -1.46. The van der Waals surface area contributed by atoms with Crippen molar-refractivity contribution in [2.75, 3.05) is 39.8 Å². The van der Waals surface area contributed by atoms with Gasteiger partial charge in [-0.25, -0.2) is 0 Å². The highest BCUT2D eigenvalue weighted by Crippen LogP contribution is 2.16. The van der Waals surface area contributed by atoms with E-state index in [0.29, 0.717) is 0 Å². The van der Waals surface area contributed by atoms with Gasteiger partial charge in [0.05, 0.1) is 25.2 Å². The number of ketones is 2. The van der Waals surface area contributed by atoms with Gasteiger partial charge in [-0.3, -0.25) is 19.3 Å². The van der Waals surface area contributed by atoms with Gasteiger partial charge in [0.15, 0.2) is 11.6 Å². The lowest BCUT2D eigenvalue weighted by molar-refractivity contribution is -0.141. The summed E-state index contributed by atoms with van der Waals surface area (Å²) in [5.74, 6) is -0.980. The lowest BCUT2D eigenvalue weighted by Gasteiger charge is -2.36. The van der Waals surface area contributed by atoms with E-state index in [4.69, 9.17) is 11.5 Å². The third-order valence-corrected chi connectivity index (χ3v) is 3.96. The Kier molecular flexibility index (Phi) is 7.99. The largest absolute Gasteiger partial charge is 0.383 e. The highest BCUT2D eigenvalue weighted by atomic mass is 16.3. The van der Waals surface area contributed by atoms with E-state index in [1.54, 1.807) is 25.8 Å². The number of amides is 1. The molecule has 0 saturated carbocycles. The average Bonchev–Trinajstić information content (AvgIpc) is 2.44. The van der Waals surface area contributed by atoms with Crippen LogP contribution in [0, 0.1) is 0 Å². The quantitative estimate of drug-likeness (QED) is 0.437. The van der Waals surface area contributed by atoms with Gasteiger partial charge in [0.1, 0.15) is 5.60 Å². The summed E-state index contributed by atoms with van der Waals surface area (Å²) in [6.07, 6.45) is 0. The monoisotopic (exact) mass is 330 g/mol. The van der Waals surface area contributed by atoms with Gasteiger partial charge in [-0.15, -0.1) is 0 Å². The van der Waals surface area contributed by atoms with Gasteiger partial charge in [0, 0.05) is 13.1 Å². The Hall–Kier alpha value is -1.35. The minimum absolute atomic E-state index is 0.0794. The molecule has 0 unspecified atom stereocenters. The Morgan fingerprint density at radius 1 is 1.00 bits per heavy atom. The van der Waals surface area contributed by atoms with Gasteiger partial charge in [-0.2, -0.15) is 0 Å². The fourth-order valence-electron chi connectivity index (χ4n) is 1.76. The summed E-state index contributed by atoms with van der Waals surface area (Å²) in [7, 11) is 1.62. The fourth-order valence-corrected chi connectivity index (χ4v) is 1.76. The Morgan fingerprint density at radius 3 is 1.91 bits per heavy atom. The fraction of sp³-hybridized carbons (Fsp3) is 0.800. The molecule has 0 aliphatic heterocycles. The zero-order chi connectivity index (χ0) is 18.4. The first-order chi connectivity index (χ1) is 10.4. The van der Waals surface area contributed by atoms with Crippen LogP contribution in [0.4, 0.5) is 0 Å². The van der Waals surface area contributed by atoms with E-state index in [1.807, 2.05) is 0 Å². The van der Waals surface area contributed by atoms with Crippen LogP contribution >= 0.6 is 0 Å². The Balaban J connectivity index is 5.00. The molecule has 0 aliphatic rings. The van der Waals surface area contributed by atoms with Crippen LogP contribution in [0.2, 0.25) is 0 Å². The summed E-state index contributed by atoms with van der Waals surface area (Å²) >= 11 is 0. The molecule has 0 bridgehead atoms. The van der Waals surface area contributed by atoms with E-state index in [9.17, 15) is 19.5 Å². The molecule has 1 amide bonds. The molecule has 0 atom stereocenters. The van der Waals surface area contributed by atoms with Crippen LogP contribution in [-0.4, -0.2) is 83.3 Å². The SMILES string of the molecule is CN(CC(=O)C(C)(C)O)C(C)(C)C(=O)CN(CCN)C(=O)CN. The van der Waals surface area contributed by atoms with Crippen molar-refractivity contribution in [3.05, 3.63) is 0 Å². The van der Waals surface area contributed by atoms with E-state index in [1.165, 1.54) is 18.7 Å². The molecule has 0 aromatic heterocycles. The summed E-state index contributed by atoms with van der Waals surface area (Å²) in [6.45, 7) is 6.21. The van der Waals surface area contributed by atoms with Crippen LogP contribution < -0.4 is 11.5 Å². The molecule has 0 fully saturated rings. The van der Waals surface area contributed by atoms with Gasteiger partial charge in [-0.05, 0) is 34.7 Å². The summed E-state index contributed by atoms with van der Waals surface area (Å²) < 4.78 is 0. The average molecular weight is 330 g/mol. The van der Waals surface area contributed by atoms with E-state index in [2.05, 4.69) is 0 Å². The first-order valence-corrected chi connectivity index (χ1v) is 7.56. The number of carbonyl (C=O) groups is 3. The molecule has 8 nitrogen and oxygen atoms in total. The number of nitrogens with two attached hydrogens (primary N) is 2. The molecule has 0 radical (unpaired) electrons. The predicted molar refractivity (Wildman–Crippen MR) is 87.7 cm³/mol. The standard InChI is InChI=1S/C15H30N4O4/c1-14(2,18(5)9-12(21)15(3,4)23)11(20)10-19(7-6-16)13(22)8-17/h23H,6-10,16-17H2,1-5H3. The van der Waals surface area contributed by atoms with Crippen molar-refractivity contribution in [2.45, 2.75) is 38.8 Å². The van der Waals surface area contributed by atoms with Crippen molar-refractivity contribution < 1.29 is 19.5 Å². The van der Waals surface area contributed by atoms with E-state index in [0.717, 1.165) is 0 Å². The van der Waals surface area contributed by atoms with Crippen molar-refractivity contribution in [3.63, 3.8) is 0 Å². The lowest BCUT2D eigenvalue weighted by Crippen LogP contribution is -2.56. The van der Waals surface area contributed by atoms with Crippen molar-refractivity contribution in [2.24, 2.45) is 11.5 Å². The molecule has 0 aliphatic carbocycles. The second kappa shape index (κ2) is 8.49. The molecule has 0 heterocycles. The van der Waals surface area contributed by atoms with Gasteiger partial charge >= 0.3 is 0 Å². The zero-order valence-corrected chi connectivity index (χ0v) is 14.8. The van der Waals surface area contributed by atoms with Gasteiger partial charge in [-0.1, -0.05) is 0 Å². The number of likely N-dealkylation sites (N-methyl/N-ethyl adjacent to an activating group) is 1. The molecule has 5 N–H and O–H groups in total. The number of nitrogens with zero attached hydrogens (tertiary/aromatic N) is 2. The first kappa shape index (κ1) is 21.6. The van der Waals surface area contributed by atoms with Crippen molar-refractivity contribution >= 4 is 17.5 Å². The molecule has 0 aromatic carbocycles. The maximum atomic E-state index is 12.6. The van der Waals surface area contributed by atoms with E-state index in [-0.39, 0.29) is 44.4 Å². The molecule has 0 aromatic rings. The Morgan fingerprint density at radius 2 is 1.52 bits per heavy atom. The maximum absolute atomic E-state index is 12.6. The molecule has 0 spiro atoms. The third-order valence-electron chi connectivity index (χ3n) is 3.96. The van der Waals surface area contributed by atoms with Crippen molar-refractivity contribution in [3.8, 4) is 0 Å². The van der Waals surface area contributed by atoms with Crippen LogP contribution in [-0.2, 0) is 14.4 Å². The molecular formula is C15H30N4O4. The van der Waals surface area contributed by atoms with Crippen LogP contribution in [0.3, 0.4) is 0 Å². The molecular weight excluding hydrogens is 300 g/mol. The van der Waals surface area contributed by atoms with Gasteiger partial charge in [0.2, 0.25) is 5.91 Å². The summed E-state index contributed by atoms with van der Waals surface area (Å²) in [5.41, 5.74) is 8.34. The molecule has 8 heteroatoms. The van der Waals surface area contributed by atoms with Crippen molar-refractivity contribution in [1.29, 1.82) is 0 Å². The molecule has 0 saturated heterocycles. The predicted octanol–water partition coefficient (Wildman–Crippen LogP) is -1.65. The third kappa shape index (κ3) is 6.34. The zero-order valence-electron chi connectivity index (χ0n) is 14.8. The topological polar surface area (TPSA) is 130 Å². The normalized spacial score (nSPS) is 12.4. The highest BCUT2D eigenvalue weighted by molar-refractivity contribution is 5.94. The number of aliphatic hydroxyl groups is 1. The second-order valence-corrected chi connectivity index (χ2v) is 6.63. The molecule has 0 rings (SSSR count). The molecule has 23 heavy (non-hydrogen) atoms. The number of hydrogen-bond acceptors (Lipinski definition) is 7. The molecule has 134 valence electrons. The van der Waals surface area contributed by atoms with Gasteiger partial charge in [0.25, 0.3) is 0 Å². The maximum Gasteiger partial charge on any atom is 0.236 e. The number of Topliss-reactive ketones (excluding diaryl/α,β-unsaturated/α-hetero) is 2. The van der Waals surface area contributed by atoms with Gasteiger partial charge < -0.3 is 21.5 Å². The highest BCUT2D eigenvalue weighted by Gasteiger charge is 2.36. The number of rotatable bonds is 10. The van der Waals surface area contributed by atoms with E-state index >= 15 is 0 Å². The Labute approximate surface area is 137 Å². The summed E-state index contributed by atoms with van der Waals surface area (Å²) in [4.78, 5) is 39.1. The summed E-state index contributed by atoms with van der Waals surface area (Å²) in [6, 6.07) is 0. The lowest BCUT2D eigenvalue weighted by atomic mass is 9.94. The van der Waals surface area contributed by atoms with Crippen molar-refractivity contribution in [1.82, 2.24) is 9.80 Å². The first-order valence-electron chi connectivity index (χ1n) is 7.56. The Bertz CT molecular complexity index is 443. The van der Waals surface area contributed by atoms with Crippen LogP contribution in [0.5, 0.6) is 0 Å². The minimum Gasteiger partial charge on any atom is -0.383 e.